The topological polar surface area (TPSA) is 66.3 Å². The van der Waals surface area contributed by atoms with Gasteiger partial charge in [-0.25, -0.2) is 14.8 Å². The summed E-state index contributed by atoms with van der Waals surface area (Å²) in [7, 11) is 0. The molecule has 0 aliphatic carbocycles. The Morgan fingerprint density at radius 2 is 2.41 bits per heavy atom. The van der Waals surface area contributed by atoms with Gasteiger partial charge in [-0.1, -0.05) is 6.92 Å². The molecule has 0 saturated carbocycles. The predicted octanol–water partition coefficient (Wildman–Crippen LogP) is 1.62. The summed E-state index contributed by atoms with van der Waals surface area (Å²) in [5.41, 5.74) is -0.791. The minimum Gasteiger partial charge on any atom is -0.479 e. The fourth-order valence-corrected chi connectivity index (χ4v) is 2.55. The van der Waals surface area contributed by atoms with Crippen molar-refractivity contribution in [2.75, 3.05) is 11.4 Å². The van der Waals surface area contributed by atoms with E-state index >= 15 is 0 Å². The molecule has 0 spiro atoms. The second-order valence-corrected chi connectivity index (χ2v) is 4.41. The maximum absolute atomic E-state index is 11.5. The van der Waals surface area contributed by atoms with Gasteiger partial charge in [-0.15, -0.1) is 0 Å². The lowest BCUT2D eigenvalue weighted by Gasteiger charge is -2.34. The number of hydrogen-bond donors (Lipinski definition) is 1. The first-order chi connectivity index (χ1) is 8.10. The van der Waals surface area contributed by atoms with Gasteiger partial charge in [-0.3, -0.25) is 0 Å². The van der Waals surface area contributed by atoms with E-state index in [2.05, 4.69) is 9.97 Å². The molecular weight excluding hydrogens is 218 g/mol. The van der Waals surface area contributed by atoms with E-state index < -0.39 is 11.5 Å². The van der Waals surface area contributed by atoms with Gasteiger partial charge in [0.25, 0.3) is 0 Å². The zero-order chi connectivity index (χ0) is 12.5. The van der Waals surface area contributed by atoms with E-state index in [1.807, 2.05) is 18.7 Å². The van der Waals surface area contributed by atoms with E-state index in [9.17, 15) is 9.90 Å². The zero-order valence-electron chi connectivity index (χ0n) is 10.2. The van der Waals surface area contributed by atoms with Crippen LogP contribution in [0.3, 0.4) is 0 Å². The quantitative estimate of drug-likeness (QED) is 0.862. The van der Waals surface area contributed by atoms with Crippen molar-refractivity contribution in [3.05, 3.63) is 18.1 Å². The molecular formula is C12H17N3O2. The summed E-state index contributed by atoms with van der Waals surface area (Å²) < 4.78 is 0. The van der Waals surface area contributed by atoms with Crippen molar-refractivity contribution in [1.29, 1.82) is 0 Å². The Kier molecular flexibility index (Phi) is 3.00. The molecule has 1 unspecified atom stereocenters. The molecule has 1 aliphatic heterocycles. The molecule has 0 amide bonds. The number of carboxylic acid groups (broad SMARTS) is 1. The molecule has 1 aromatic rings. The monoisotopic (exact) mass is 235 g/mol. The second-order valence-electron chi connectivity index (χ2n) is 4.41. The molecule has 5 heteroatoms. The van der Waals surface area contributed by atoms with Crippen molar-refractivity contribution in [2.45, 2.75) is 38.6 Å². The molecule has 92 valence electrons. The van der Waals surface area contributed by atoms with Crippen LogP contribution < -0.4 is 4.90 Å². The van der Waals surface area contributed by atoms with Gasteiger partial charge in [0.1, 0.15) is 17.2 Å². The number of rotatable bonds is 3. The summed E-state index contributed by atoms with van der Waals surface area (Å²) >= 11 is 0. The van der Waals surface area contributed by atoms with Gasteiger partial charge in [0.15, 0.2) is 0 Å². The van der Waals surface area contributed by atoms with E-state index in [4.69, 9.17) is 0 Å². The molecule has 1 aromatic heterocycles. The lowest BCUT2D eigenvalue weighted by Crippen LogP contribution is -2.50. The highest BCUT2D eigenvalue weighted by atomic mass is 16.4. The summed E-state index contributed by atoms with van der Waals surface area (Å²) in [6.07, 6.45) is 3.84. The van der Waals surface area contributed by atoms with E-state index in [1.54, 1.807) is 12.3 Å². The Bertz CT molecular complexity index is 436. The number of aliphatic carboxylic acids is 1. The van der Waals surface area contributed by atoms with Crippen LogP contribution in [0.2, 0.25) is 0 Å². The summed E-state index contributed by atoms with van der Waals surface area (Å²) in [4.78, 5) is 21.8. The maximum Gasteiger partial charge on any atom is 0.329 e. The summed E-state index contributed by atoms with van der Waals surface area (Å²) in [6, 6.07) is 1.78. The summed E-state index contributed by atoms with van der Waals surface area (Å²) in [5.74, 6) is 0.637. The van der Waals surface area contributed by atoms with E-state index in [0.29, 0.717) is 18.7 Å². The molecule has 1 atom stereocenters. The van der Waals surface area contributed by atoms with Crippen molar-refractivity contribution in [3.63, 3.8) is 0 Å². The van der Waals surface area contributed by atoms with Crippen LogP contribution in [-0.2, 0) is 4.79 Å². The molecule has 1 aliphatic rings. The zero-order valence-corrected chi connectivity index (χ0v) is 10.2. The highest BCUT2D eigenvalue weighted by Crippen LogP contribution is 2.35. The minimum absolute atomic E-state index is 0.589. The molecule has 0 radical (unpaired) electrons. The van der Waals surface area contributed by atoms with Gasteiger partial charge in [0.05, 0.1) is 0 Å². The van der Waals surface area contributed by atoms with Crippen molar-refractivity contribution in [2.24, 2.45) is 0 Å². The van der Waals surface area contributed by atoms with Crippen molar-refractivity contribution in [3.8, 4) is 0 Å². The Balaban J connectivity index is 2.40. The average Bonchev–Trinajstić information content (AvgIpc) is 2.73. The number of aromatic nitrogens is 2. The molecule has 1 N–H and O–H groups in total. The SMILES string of the molecule is CCC1(C(=O)O)CCCN1c1ccnc(C)n1. The van der Waals surface area contributed by atoms with Gasteiger partial charge in [0.2, 0.25) is 0 Å². The predicted molar refractivity (Wildman–Crippen MR) is 64.0 cm³/mol. The van der Waals surface area contributed by atoms with Gasteiger partial charge in [-0.05, 0) is 32.3 Å². The first kappa shape index (κ1) is 11.8. The van der Waals surface area contributed by atoms with Crippen LogP contribution in [0.1, 0.15) is 32.0 Å². The van der Waals surface area contributed by atoms with Crippen LogP contribution in [0.15, 0.2) is 12.3 Å². The maximum atomic E-state index is 11.5. The largest absolute Gasteiger partial charge is 0.479 e. The first-order valence-electron chi connectivity index (χ1n) is 5.91. The lowest BCUT2D eigenvalue weighted by atomic mass is 9.93. The number of hydrogen-bond acceptors (Lipinski definition) is 4. The summed E-state index contributed by atoms with van der Waals surface area (Å²) in [5, 5.41) is 9.48. The lowest BCUT2D eigenvalue weighted by molar-refractivity contribution is -0.143. The third-order valence-corrected chi connectivity index (χ3v) is 3.51. The Morgan fingerprint density at radius 3 is 3.00 bits per heavy atom. The molecule has 0 aromatic carbocycles. The molecule has 17 heavy (non-hydrogen) atoms. The summed E-state index contributed by atoms with van der Waals surface area (Å²) in [6.45, 7) is 4.48. The number of anilines is 1. The fourth-order valence-electron chi connectivity index (χ4n) is 2.55. The minimum atomic E-state index is -0.791. The molecule has 5 nitrogen and oxygen atoms in total. The third-order valence-electron chi connectivity index (χ3n) is 3.51. The first-order valence-corrected chi connectivity index (χ1v) is 5.91. The Morgan fingerprint density at radius 1 is 1.65 bits per heavy atom. The van der Waals surface area contributed by atoms with Gasteiger partial charge in [0, 0.05) is 12.7 Å². The Labute approximate surface area is 100 Å². The molecule has 0 bridgehead atoms. The van der Waals surface area contributed by atoms with Crippen LogP contribution in [0, 0.1) is 6.92 Å². The fraction of sp³-hybridized carbons (Fsp3) is 0.583. The number of carboxylic acids is 1. The van der Waals surface area contributed by atoms with E-state index in [1.165, 1.54) is 0 Å². The van der Waals surface area contributed by atoms with Crippen molar-refractivity contribution < 1.29 is 9.90 Å². The average molecular weight is 235 g/mol. The van der Waals surface area contributed by atoms with E-state index in [0.717, 1.165) is 18.8 Å². The molecule has 1 saturated heterocycles. The second kappa shape index (κ2) is 4.31. The van der Waals surface area contributed by atoms with E-state index in [-0.39, 0.29) is 0 Å². The van der Waals surface area contributed by atoms with Gasteiger partial charge >= 0.3 is 5.97 Å². The third kappa shape index (κ3) is 1.85. The highest BCUT2D eigenvalue weighted by Gasteiger charge is 2.46. The molecule has 1 fully saturated rings. The Hall–Kier alpha value is -1.65. The van der Waals surface area contributed by atoms with Crippen molar-refractivity contribution >= 4 is 11.8 Å². The standard InChI is InChI=1S/C12H17N3O2/c1-3-12(11(16)17)6-4-8-15(12)10-5-7-13-9(2)14-10/h5,7H,3-4,6,8H2,1-2H3,(H,16,17). The molecule has 2 rings (SSSR count). The van der Waals surface area contributed by atoms with Gasteiger partial charge in [-0.2, -0.15) is 0 Å². The van der Waals surface area contributed by atoms with Crippen LogP contribution in [-0.4, -0.2) is 33.1 Å². The van der Waals surface area contributed by atoms with Gasteiger partial charge < -0.3 is 10.0 Å². The normalized spacial score (nSPS) is 24.0. The number of carbonyl (C=O) groups is 1. The number of aryl methyl sites for hydroxylation is 1. The van der Waals surface area contributed by atoms with Crippen LogP contribution in [0.4, 0.5) is 5.82 Å². The number of nitrogens with zero attached hydrogens (tertiary/aromatic N) is 3. The van der Waals surface area contributed by atoms with Crippen LogP contribution in [0.25, 0.3) is 0 Å². The van der Waals surface area contributed by atoms with Crippen LogP contribution >= 0.6 is 0 Å². The van der Waals surface area contributed by atoms with Crippen LogP contribution in [0.5, 0.6) is 0 Å². The highest BCUT2D eigenvalue weighted by molar-refractivity contribution is 5.84. The van der Waals surface area contributed by atoms with Crippen molar-refractivity contribution in [1.82, 2.24) is 9.97 Å². The molecule has 2 heterocycles. The smallest absolute Gasteiger partial charge is 0.329 e.